The van der Waals surface area contributed by atoms with Crippen LogP contribution in [0.15, 0.2) is 18.2 Å². The highest BCUT2D eigenvalue weighted by Gasteiger charge is 2.23. The van der Waals surface area contributed by atoms with Gasteiger partial charge in [-0.1, -0.05) is 0 Å². The minimum Gasteiger partial charge on any atom is -0.375 e. The molecule has 96 valence electrons. The number of rotatable bonds is 5. The van der Waals surface area contributed by atoms with Crippen molar-refractivity contribution in [2.75, 3.05) is 11.9 Å². The summed E-state index contributed by atoms with van der Waals surface area (Å²) in [5.74, 6) is -0.749. The van der Waals surface area contributed by atoms with Crippen molar-refractivity contribution >= 4 is 17.4 Å². The number of hydrogen-bond donors (Lipinski definition) is 2. The van der Waals surface area contributed by atoms with Gasteiger partial charge in [0.25, 0.3) is 0 Å². The quantitative estimate of drug-likeness (QED) is 0.782. The maximum atomic E-state index is 13.1. The first kappa shape index (κ1) is 12.5. The van der Waals surface area contributed by atoms with Crippen LogP contribution in [0, 0.1) is 5.82 Å². The van der Waals surface area contributed by atoms with Gasteiger partial charge in [0.15, 0.2) is 5.78 Å². The number of amides is 1. The third-order valence-electron chi connectivity index (χ3n) is 2.74. The van der Waals surface area contributed by atoms with Crippen LogP contribution < -0.4 is 10.6 Å². The number of ketones is 1. The van der Waals surface area contributed by atoms with Gasteiger partial charge in [0.1, 0.15) is 5.82 Å². The minimum atomic E-state index is -0.440. The SMILES string of the molecule is CC(=O)c1ccc(F)cc1NCC(=O)NC1CC1. The lowest BCUT2D eigenvalue weighted by atomic mass is 10.1. The first-order valence-electron chi connectivity index (χ1n) is 5.90. The molecular weight excluding hydrogens is 235 g/mol. The Morgan fingerprint density at radius 1 is 1.39 bits per heavy atom. The summed E-state index contributed by atoms with van der Waals surface area (Å²) in [6, 6.07) is 4.16. The van der Waals surface area contributed by atoms with E-state index < -0.39 is 5.82 Å². The molecule has 2 N–H and O–H groups in total. The summed E-state index contributed by atoms with van der Waals surface area (Å²) in [5.41, 5.74) is 0.740. The smallest absolute Gasteiger partial charge is 0.239 e. The Morgan fingerprint density at radius 3 is 2.72 bits per heavy atom. The van der Waals surface area contributed by atoms with Crippen molar-refractivity contribution < 1.29 is 14.0 Å². The lowest BCUT2D eigenvalue weighted by molar-refractivity contribution is -0.119. The average molecular weight is 250 g/mol. The normalized spacial score (nSPS) is 14.1. The van der Waals surface area contributed by atoms with Crippen LogP contribution in [0.2, 0.25) is 0 Å². The van der Waals surface area contributed by atoms with Gasteiger partial charge in [-0.15, -0.1) is 0 Å². The van der Waals surface area contributed by atoms with E-state index in [1.54, 1.807) is 0 Å². The average Bonchev–Trinajstić information content (AvgIpc) is 3.10. The Labute approximate surface area is 105 Å². The zero-order chi connectivity index (χ0) is 13.1. The van der Waals surface area contributed by atoms with Crippen molar-refractivity contribution in [3.05, 3.63) is 29.6 Å². The predicted octanol–water partition coefficient (Wildman–Crippen LogP) is 1.72. The van der Waals surface area contributed by atoms with Crippen LogP contribution in [-0.2, 0) is 4.79 Å². The fraction of sp³-hybridized carbons (Fsp3) is 0.385. The second-order valence-corrected chi connectivity index (χ2v) is 4.44. The van der Waals surface area contributed by atoms with Crippen LogP contribution in [0.4, 0.5) is 10.1 Å². The Hall–Kier alpha value is -1.91. The van der Waals surface area contributed by atoms with Gasteiger partial charge in [-0.2, -0.15) is 0 Å². The third-order valence-corrected chi connectivity index (χ3v) is 2.74. The van der Waals surface area contributed by atoms with Crippen molar-refractivity contribution in [2.24, 2.45) is 0 Å². The van der Waals surface area contributed by atoms with Crippen molar-refractivity contribution in [1.82, 2.24) is 5.32 Å². The molecular formula is C13H15FN2O2. The third kappa shape index (κ3) is 3.29. The summed E-state index contributed by atoms with van der Waals surface area (Å²) in [6.45, 7) is 1.45. The minimum absolute atomic E-state index is 0.0419. The molecule has 0 aliphatic heterocycles. The maximum absolute atomic E-state index is 13.1. The van der Waals surface area contributed by atoms with E-state index in [-0.39, 0.29) is 18.2 Å². The molecule has 0 radical (unpaired) electrons. The van der Waals surface area contributed by atoms with Gasteiger partial charge in [-0.3, -0.25) is 9.59 Å². The number of benzene rings is 1. The summed E-state index contributed by atoms with van der Waals surface area (Å²) < 4.78 is 13.1. The number of hydrogen-bond acceptors (Lipinski definition) is 3. The van der Waals surface area contributed by atoms with Crippen LogP contribution in [0.3, 0.4) is 0 Å². The summed E-state index contributed by atoms with van der Waals surface area (Å²) in [6.07, 6.45) is 2.04. The molecule has 0 heterocycles. The molecule has 0 spiro atoms. The van der Waals surface area contributed by atoms with Crippen LogP contribution in [0.5, 0.6) is 0 Å². The number of anilines is 1. The van der Waals surface area contributed by atoms with Crippen LogP contribution in [0.25, 0.3) is 0 Å². The summed E-state index contributed by atoms with van der Waals surface area (Å²) in [5, 5.41) is 5.60. The van der Waals surface area contributed by atoms with Crippen molar-refractivity contribution in [1.29, 1.82) is 0 Å². The molecule has 1 aromatic rings. The van der Waals surface area contributed by atoms with E-state index >= 15 is 0 Å². The Morgan fingerprint density at radius 2 is 2.11 bits per heavy atom. The van der Waals surface area contributed by atoms with Crippen LogP contribution >= 0.6 is 0 Å². The van der Waals surface area contributed by atoms with E-state index in [1.165, 1.54) is 25.1 Å². The molecule has 18 heavy (non-hydrogen) atoms. The van der Waals surface area contributed by atoms with Gasteiger partial charge in [0.05, 0.1) is 6.54 Å². The molecule has 2 rings (SSSR count). The molecule has 1 aromatic carbocycles. The Kier molecular flexibility index (Phi) is 3.60. The first-order chi connectivity index (χ1) is 8.56. The number of carbonyl (C=O) groups is 2. The van der Waals surface area contributed by atoms with Gasteiger partial charge < -0.3 is 10.6 Å². The monoisotopic (exact) mass is 250 g/mol. The zero-order valence-corrected chi connectivity index (χ0v) is 10.1. The number of halogens is 1. The van der Waals surface area contributed by atoms with Gasteiger partial charge in [-0.25, -0.2) is 4.39 Å². The molecule has 1 saturated carbocycles. The van der Waals surface area contributed by atoms with E-state index in [0.29, 0.717) is 17.3 Å². The molecule has 0 saturated heterocycles. The second-order valence-electron chi connectivity index (χ2n) is 4.44. The van der Waals surface area contributed by atoms with E-state index in [0.717, 1.165) is 12.8 Å². The summed E-state index contributed by atoms with van der Waals surface area (Å²) in [7, 11) is 0. The Bertz CT molecular complexity index is 484. The molecule has 5 heteroatoms. The van der Waals surface area contributed by atoms with Crippen LogP contribution in [-0.4, -0.2) is 24.3 Å². The molecule has 0 bridgehead atoms. The van der Waals surface area contributed by atoms with E-state index in [1.807, 2.05) is 0 Å². The van der Waals surface area contributed by atoms with Gasteiger partial charge in [0, 0.05) is 17.3 Å². The molecule has 1 fully saturated rings. The molecule has 0 unspecified atom stereocenters. The lowest BCUT2D eigenvalue weighted by Crippen LogP contribution is -2.31. The van der Waals surface area contributed by atoms with E-state index in [9.17, 15) is 14.0 Å². The molecule has 1 aliphatic rings. The van der Waals surface area contributed by atoms with Crippen molar-refractivity contribution in [3.8, 4) is 0 Å². The van der Waals surface area contributed by atoms with Crippen molar-refractivity contribution in [3.63, 3.8) is 0 Å². The highest BCUT2D eigenvalue weighted by atomic mass is 19.1. The number of Topliss-reactive ketones (excluding diaryl/α,β-unsaturated/α-hetero) is 1. The number of nitrogens with one attached hydrogen (secondary N) is 2. The fourth-order valence-corrected chi connectivity index (χ4v) is 1.65. The standard InChI is InChI=1S/C13H15FN2O2/c1-8(17)11-5-2-9(14)6-12(11)15-7-13(18)16-10-3-4-10/h2,5-6,10,15H,3-4,7H2,1H3,(H,16,18). The molecule has 0 atom stereocenters. The van der Waals surface area contributed by atoms with Gasteiger partial charge in [0.2, 0.25) is 5.91 Å². The molecule has 4 nitrogen and oxygen atoms in total. The second kappa shape index (κ2) is 5.16. The maximum Gasteiger partial charge on any atom is 0.239 e. The lowest BCUT2D eigenvalue weighted by Gasteiger charge is -2.10. The van der Waals surface area contributed by atoms with E-state index in [2.05, 4.69) is 10.6 Å². The molecule has 1 aliphatic carbocycles. The predicted molar refractivity (Wildman–Crippen MR) is 66.1 cm³/mol. The fourth-order valence-electron chi connectivity index (χ4n) is 1.65. The van der Waals surface area contributed by atoms with E-state index in [4.69, 9.17) is 0 Å². The molecule has 1 amide bonds. The molecule has 0 aromatic heterocycles. The van der Waals surface area contributed by atoms with Crippen LogP contribution in [0.1, 0.15) is 30.1 Å². The zero-order valence-electron chi connectivity index (χ0n) is 10.1. The highest BCUT2D eigenvalue weighted by Crippen LogP contribution is 2.19. The first-order valence-corrected chi connectivity index (χ1v) is 5.90. The number of carbonyl (C=O) groups excluding carboxylic acids is 2. The highest BCUT2D eigenvalue weighted by molar-refractivity contribution is 6.00. The van der Waals surface area contributed by atoms with Crippen molar-refractivity contribution in [2.45, 2.75) is 25.8 Å². The Balaban J connectivity index is 2.00. The van der Waals surface area contributed by atoms with Gasteiger partial charge in [-0.05, 0) is 38.0 Å². The summed E-state index contributed by atoms with van der Waals surface area (Å²) >= 11 is 0. The van der Waals surface area contributed by atoms with Gasteiger partial charge >= 0.3 is 0 Å². The largest absolute Gasteiger partial charge is 0.375 e. The summed E-state index contributed by atoms with van der Waals surface area (Å²) in [4.78, 5) is 22.8. The topological polar surface area (TPSA) is 58.2 Å².